The normalized spacial score (nSPS) is 11.2. The summed E-state index contributed by atoms with van der Waals surface area (Å²) < 4.78 is 0. The van der Waals surface area contributed by atoms with Crippen molar-refractivity contribution in [3.05, 3.63) is 24.3 Å². The molecule has 0 fully saturated rings. The summed E-state index contributed by atoms with van der Waals surface area (Å²) in [7, 11) is 0. The van der Waals surface area contributed by atoms with E-state index in [-0.39, 0.29) is 6.61 Å². The van der Waals surface area contributed by atoms with Gasteiger partial charge in [0.05, 0.1) is 17.6 Å². The van der Waals surface area contributed by atoms with E-state index in [9.17, 15) is 5.11 Å². The molecule has 0 spiro atoms. The molecule has 2 aromatic rings. The van der Waals surface area contributed by atoms with E-state index in [0.29, 0.717) is 24.2 Å². The highest BCUT2D eigenvalue weighted by atomic mass is 16.3. The van der Waals surface area contributed by atoms with Gasteiger partial charge in [-0.3, -0.25) is 0 Å². The number of anilines is 2. The smallest absolute Gasteiger partial charge is 0.172 e. The summed E-state index contributed by atoms with van der Waals surface area (Å²) in [5, 5.41) is 9.31. The molecule has 0 radical (unpaired) electrons. The highest BCUT2D eigenvalue weighted by Crippen LogP contribution is 2.25. The van der Waals surface area contributed by atoms with Gasteiger partial charge in [0.2, 0.25) is 0 Å². The molecule has 0 bridgehead atoms. The van der Waals surface area contributed by atoms with Crippen molar-refractivity contribution in [3.63, 3.8) is 0 Å². The Hall–Kier alpha value is -1.88. The Morgan fingerprint density at radius 1 is 1.15 bits per heavy atom. The fourth-order valence-electron chi connectivity index (χ4n) is 2.51. The first-order chi connectivity index (χ1) is 9.71. The van der Waals surface area contributed by atoms with Crippen LogP contribution in [0.1, 0.15) is 26.7 Å². The number of para-hydroxylation sites is 2. The molecule has 3 N–H and O–H groups in total. The van der Waals surface area contributed by atoms with Crippen LogP contribution in [-0.4, -0.2) is 34.3 Å². The van der Waals surface area contributed by atoms with E-state index < -0.39 is 0 Å². The first-order valence-corrected chi connectivity index (χ1v) is 7.11. The first kappa shape index (κ1) is 14.5. The highest BCUT2D eigenvalue weighted by molar-refractivity contribution is 5.79. The molecular weight excluding hydrogens is 252 g/mol. The molecule has 5 nitrogen and oxygen atoms in total. The minimum Gasteiger partial charge on any atom is -0.395 e. The molecule has 108 valence electrons. The molecule has 0 amide bonds. The number of aliphatic hydroxyl groups excluding tert-OH is 1. The van der Waals surface area contributed by atoms with Crippen molar-refractivity contribution in [2.24, 2.45) is 0 Å². The van der Waals surface area contributed by atoms with E-state index in [1.165, 1.54) is 0 Å². The van der Waals surface area contributed by atoms with Crippen molar-refractivity contribution in [2.45, 2.75) is 32.7 Å². The minimum atomic E-state index is 0.0739. The minimum absolute atomic E-state index is 0.0739. The Kier molecular flexibility index (Phi) is 4.74. The van der Waals surface area contributed by atoms with E-state index in [1.54, 1.807) is 0 Å². The zero-order valence-electron chi connectivity index (χ0n) is 12.1. The second-order valence-corrected chi connectivity index (χ2v) is 4.81. The van der Waals surface area contributed by atoms with Gasteiger partial charge in [0.1, 0.15) is 0 Å². The Morgan fingerprint density at radius 2 is 1.75 bits per heavy atom. The van der Waals surface area contributed by atoms with Crippen LogP contribution in [0.5, 0.6) is 0 Å². The van der Waals surface area contributed by atoms with Crippen molar-refractivity contribution < 1.29 is 5.11 Å². The van der Waals surface area contributed by atoms with Crippen LogP contribution in [0, 0.1) is 0 Å². The van der Waals surface area contributed by atoms with Gasteiger partial charge in [-0.15, -0.1) is 0 Å². The van der Waals surface area contributed by atoms with Gasteiger partial charge in [-0.1, -0.05) is 26.0 Å². The molecular formula is C15H22N4O. The van der Waals surface area contributed by atoms with Gasteiger partial charge < -0.3 is 15.7 Å². The van der Waals surface area contributed by atoms with Crippen LogP contribution in [0.4, 0.5) is 11.6 Å². The van der Waals surface area contributed by atoms with E-state index in [0.717, 1.165) is 23.9 Å². The number of nitrogens with two attached hydrogens (primary N) is 1. The SMILES string of the molecule is CCC(CC)N(CCO)c1nc2ccccc2nc1N. The highest BCUT2D eigenvalue weighted by Gasteiger charge is 2.20. The van der Waals surface area contributed by atoms with Gasteiger partial charge in [0, 0.05) is 12.6 Å². The maximum absolute atomic E-state index is 9.31. The molecule has 1 heterocycles. The maximum atomic E-state index is 9.31. The molecule has 0 atom stereocenters. The number of benzene rings is 1. The Morgan fingerprint density at radius 3 is 2.30 bits per heavy atom. The summed E-state index contributed by atoms with van der Waals surface area (Å²) in [6.07, 6.45) is 1.95. The maximum Gasteiger partial charge on any atom is 0.172 e. The van der Waals surface area contributed by atoms with Crippen molar-refractivity contribution in [1.82, 2.24) is 9.97 Å². The molecule has 20 heavy (non-hydrogen) atoms. The fraction of sp³-hybridized carbons (Fsp3) is 0.467. The molecule has 1 aromatic carbocycles. The average molecular weight is 274 g/mol. The van der Waals surface area contributed by atoms with Crippen molar-refractivity contribution in [1.29, 1.82) is 0 Å². The van der Waals surface area contributed by atoms with Gasteiger partial charge in [-0.2, -0.15) is 0 Å². The number of nitrogen functional groups attached to an aromatic ring is 1. The van der Waals surface area contributed by atoms with Gasteiger partial charge in [-0.05, 0) is 25.0 Å². The van der Waals surface area contributed by atoms with Crippen LogP contribution in [0.15, 0.2) is 24.3 Å². The second kappa shape index (κ2) is 6.52. The zero-order chi connectivity index (χ0) is 14.5. The summed E-state index contributed by atoms with van der Waals surface area (Å²) in [6.45, 7) is 4.85. The molecule has 0 aliphatic heterocycles. The van der Waals surface area contributed by atoms with Crippen molar-refractivity contribution in [3.8, 4) is 0 Å². The number of hydrogen-bond donors (Lipinski definition) is 2. The summed E-state index contributed by atoms with van der Waals surface area (Å²) in [6, 6.07) is 7.98. The summed E-state index contributed by atoms with van der Waals surface area (Å²) >= 11 is 0. The fourth-order valence-corrected chi connectivity index (χ4v) is 2.51. The van der Waals surface area contributed by atoms with Crippen LogP contribution in [0.3, 0.4) is 0 Å². The zero-order valence-corrected chi connectivity index (χ0v) is 12.1. The second-order valence-electron chi connectivity index (χ2n) is 4.81. The van der Waals surface area contributed by atoms with E-state index in [2.05, 4.69) is 28.7 Å². The van der Waals surface area contributed by atoms with E-state index >= 15 is 0 Å². The van der Waals surface area contributed by atoms with Crippen LogP contribution in [0.2, 0.25) is 0 Å². The molecule has 1 aromatic heterocycles. The number of aromatic nitrogens is 2. The largest absolute Gasteiger partial charge is 0.395 e. The predicted octanol–water partition coefficient (Wildman–Crippen LogP) is 2.20. The third-order valence-corrected chi connectivity index (χ3v) is 3.57. The molecule has 5 heteroatoms. The van der Waals surface area contributed by atoms with Gasteiger partial charge in [0.15, 0.2) is 11.6 Å². The lowest BCUT2D eigenvalue weighted by atomic mass is 10.1. The summed E-state index contributed by atoms with van der Waals surface area (Å²) in [5.74, 6) is 1.09. The van der Waals surface area contributed by atoms with E-state index in [4.69, 9.17) is 5.73 Å². The molecule has 0 aliphatic carbocycles. The Balaban J connectivity index is 2.49. The summed E-state index contributed by atoms with van der Waals surface area (Å²) in [5.41, 5.74) is 7.69. The Bertz CT molecular complexity index is 569. The van der Waals surface area contributed by atoms with Gasteiger partial charge in [0.25, 0.3) is 0 Å². The van der Waals surface area contributed by atoms with Crippen molar-refractivity contribution in [2.75, 3.05) is 23.8 Å². The molecule has 0 saturated heterocycles. The first-order valence-electron chi connectivity index (χ1n) is 7.11. The molecule has 0 aliphatic rings. The third-order valence-electron chi connectivity index (χ3n) is 3.57. The van der Waals surface area contributed by atoms with E-state index in [1.807, 2.05) is 24.3 Å². The number of rotatable bonds is 6. The lowest BCUT2D eigenvalue weighted by molar-refractivity contribution is 0.295. The molecule has 2 rings (SSSR count). The molecule has 0 unspecified atom stereocenters. The number of aliphatic hydroxyl groups is 1. The topological polar surface area (TPSA) is 75.3 Å². The lowest BCUT2D eigenvalue weighted by Crippen LogP contribution is -2.38. The quantitative estimate of drug-likeness (QED) is 0.844. The number of hydrogen-bond acceptors (Lipinski definition) is 5. The van der Waals surface area contributed by atoms with Crippen LogP contribution in [-0.2, 0) is 0 Å². The summed E-state index contributed by atoms with van der Waals surface area (Å²) in [4.78, 5) is 11.1. The van der Waals surface area contributed by atoms with Crippen LogP contribution in [0.25, 0.3) is 11.0 Å². The lowest BCUT2D eigenvalue weighted by Gasteiger charge is -2.31. The Labute approximate surface area is 119 Å². The third kappa shape index (κ3) is 2.82. The van der Waals surface area contributed by atoms with Gasteiger partial charge in [-0.25, -0.2) is 9.97 Å². The molecule has 0 saturated carbocycles. The monoisotopic (exact) mass is 274 g/mol. The number of fused-ring (bicyclic) bond motifs is 1. The van der Waals surface area contributed by atoms with Crippen molar-refractivity contribution >= 4 is 22.7 Å². The van der Waals surface area contributed by atoms with Gasteiger partial charge >= 0.3 is 0 Å². The van der Waals surface area contributed by atoms with Crippen LogP contribution >= 0.6 is 0 Å². The predicted molar refractivity (Wildman–Crippen MR) is 82.8 cm³/mol. The number of nitrogens with zero attached hydrogens (tertiary/aromatic N) is 3. The average Bonchev–Trinajstić information content (AvgIpc) is 2.47. The standard InChI is InChI=1S/C15H22N4O/c1-3-11(4-2)19(9-10-20)15-14(16)17-12-7-5-6-8-13(12)18-15/h5-8,11,20H,3-4,9-10H2,1-2H3,(H2,16,17). The van der Waals surface area contributed by atoms with Crippen LogP contribution < -0.4 is 10.6 Å².